The maximum Gasteiger partial charge on any atom is 0.252 e. The fourth-order valence-electron chi connectivity index (χ4n) is 5.12. The van der Waals surface area contributed by atoms with Gasteiger partial charge in [0, 0.05) is 49.3 Å². The van der Waals surface area contributed by atoms with Crippen molar-refractivity contribution in [1.29, 1.82) is 0 Å². The van der Waals surface area contributed by atoms with Gasteiger partial charge in [0.1, 0.15) is 5.82 Å². The lowest BCUT2D eigenvalue weighted by Crippen LogP contribution is -2.51. The van der Waals surface area contributed by atoms with E-state index in [1.165, 1.54) is 24.1 Å². The quantitative estimate of drug-likeness (QED) is 0.375. The number of nitrogen functional groups attached to an aromatic ring is 1. The van der Waals surface area contributed by atoms with E-state index in [0.29, 0.717) is 30.0 Å². The van der Waals surface area contributed by atoms with Crippen LogP contribution in [-0.4, -0.2) is 42.6 Å². The zero-order valence-electron chi connectivity index (χ0n) is 20.2. The molecule has 2 bridgehead atoms. The number of benzene rings is 2. The molecule has 2 aliphatic heterocycles. The Morgan fingerprint density at radius 2 is 1.83 bits per heavy atom. The van der Waals surface area contributed by atoms with Gasteiger partial charge in [-0.1, -0.05) is 30.3 Å². The third-order valence-corrected chi connectivity index (χ3v) is 7.07. The molecule has 2 fully saturated rings. The summed E-state index contributed by atoms with van der Waals surface area (Å²) in [5, 5.41) is 10.0. The minimum atomic E-state index is -0.114. The largest absolute Gasteiger partial charge is 0.398 e. The second-order valence-corrected chi connectivity index (χ2v) is 9.64. The number of aromatic nitrogens is 1. The van der Waals surface area contributed by atoms with E-state index in [1.54, 1.807) is 12.3 Å². The van der Waals surface area contributed by atoms with E-state index in [1.807, 2.05) is 37.3 Å². The van der Waals surface area contributed by atoms with Gasteiger partial charge in [-0.2, -0.15) is 0 Å². The fraction of sp³-hybridized carbons (Fsp3) is 0.357. The molecule has 7 heteroatoms. The Morgan fingerprint density at radius 3 is 2.51 bits per heavy atom. The summed E-state index contributed by atoms with van der Waals surface area (Å²) in [6, 6.07) is 21.4. The minimum Gasteiger partial charge on any atom is -0.398 e. The molecule has 2 unspecified atom stereocenters. The lowest BCUT2D eigenvalue weighted by atomic mass is 10.1. The minimum absolute atomic E-state index is 0.0106. The van der Waals surface area contributed by atoms with Crippen LogP contribution in [0, 0.1) is 0 Å². The maximum absolute atomic E-state index is 12.6. The van der Waals surface area contributed by atoms with Crippen molar-refractivity contribution in [2.45, 2.75) is 44.3 Å². The summed E-state index contributed by atoms with van der Waals surface area (Å²) in [6.07, 6.45) is 4.97. The topological polar surface area (TPSA) is 95.3 Å². The van der Waals surface area contributed by atoms with E-state index in [9.17, 15) is 4.79 Å². The van der Waals surface area contributed by atoms with Crippen LogP contribution in [0.1, 0.15) is 47.3 Å². The first-order valence-electron chi connectivity index (χ1n) is 12.5. The van der Waals surface area contributed by atoms with Crippen molar-refractivity contribution in [2.75, 3.05) is 35.6 Å². The summed E-state index contributed by atoms with van der Waals surface area (Å²) < 4.78 is 0. The highest BCUT2D eigenvalue weighted by Gasteiger charge is 2.32. The average molecular weight is 471 g/mol. The van der Waals surface area contributed by atoms with Crippen LogP contribution in [0.5, 0.6) is 0 Å². The second-order valence-electron chi connectivity index (χ2n) is 9.64. The van der Waals surface area contributed by atoms with Crippen LogP contribution in [-0.2, 0) is 6.42 Å². The zero-order chi connectivity index (χ0) is 24.2. The number of hydrogen-bond acceptors (Lipinski definition) is 6. The van der Waals surface area contributed by atoms with E-state index in [4.69, 9.17) is 5.73 Å². The summed E-state index contributed by atoms with van der Waals surface area (Å²) in [4.78, 5) is 19.5. The third-order valence-electron chi connectivity index (χ3n) is 7.07. The van der Waals surface area contributed by atoms with Gasteiger partial charge >= 0.3 is 0 Å². The molecular weight excluding hydrogens is 436 g/mol. The van der Waals surface area contributed by atoms with Crippen molar-refractivity contribution in [3.63, 3.8) is 0 Å². The highest BCUT2D eigenvalue weighted by molar-refractivity contribution is 5.94. The van der Waals surface area contributed by atoms with Gasteiger partial charge in [0.2, 0.25) is 0 Å². The van der Waals surface area contributed by atoms with Crippen molar-refractivity contribution in [3.8, 4) is 0 Å². The highest BCUT2D eigenvalue weighted by atomic mass is 16.1. The number of hydrogen-bond donors (Lipinski definition) is 4. The molecule has 1 amide bonds. The van der Waals surface area contributed by atoms with Crippen LogP contribution in [0.15, 0.2) is 66.9 Å². The van der Waals surface area contributed by atoms with Gasteiger partial charge in [-0.3, -0.25) is 4.79 Å². The zero-order valence-corrected chi connectivity index (χ0v) is 20.2. The van der Waals surface area contributed by atoms with E-state index >= 15 is 0 Å². The van der Waals surface area contributed by atoms with E-state index < -0.39 is 0 Å². The molecule has 2 saturated heterocycles. The van der Waals surface area contributed by atoms with Crippen LogP contribution in [0.3, 0.4) is 0 Å². The van der Waals surface area contributed by atoms with Gasteiger partial charge in [-0.15, -0.1) is 0 Å². The third kappa shape index (κ3) is 5.57. The van der Waals surface area contributed by atoms with Crippen LogP contribution < -0.4 is 26.6 Å². The normalized spacial score (nSPS) is 19.9. The number of rotatable bonds is 8. The number of nitrogens with two attached hydrogens (primary N) is 1. The molecule has 35 heavy (non-hydrogen) atoms. The Kier molecular flexibility index (Phi) is 6.86. The molecular formula is C28H34N6O. The monoisotopic (exact) mass is 470 g/mol. The van der Waals surface area contributed by atoms with Gasteiger partial charge < -0.3 is 26.6 Å². The van der Waals surface area contributed by atoms with Crippen LogP contribution in [0.25, 0.3) is 0 Å². The first-order valence-corrected chi connectivity index (χ1v) is 12.5. The molecule has 0 spiro atoms. The molecule has 182 valence electrons. The van der Waals surface area contributed by atoms with Gasteiger partial charge in [-0.25, -0.2) is 4.98 Å². The van der Waals surface area contributed by atoms with Crippen LogP contribution >= 0.6 is 0 Å². The predicted molar refractivity (Wildman–Crippen MR) is 142 cm³/mol. The predicted octanol–water partition coefficient (Wildman–Crippen LogP) is 3.75. The second kappa shape index (κ2) is 10.4. The van der Waals surface area contributed by atoms with E-state index in [-0.39, 0.29) is 11.9 Å². The molecule has 3 aromatic rings. The van der Waals surface area contributed by atoms with Crippen molar-refractivity contribution in [1.82, 2.24) is 15.6 Å². The molecule has 7 nitrogen and oxygen atoms in total. The molecule has 0 aliphatic carbocycles. The van der Waals surface area contributed by atoms with Crippen molar-refractivity contribution in [3.05, 3.63) is 83.6 Å². The number of anilines is 3. The molecule has 5 rings (SSSR count). The number of carbonyl (C=O) groups excluding carboxylic acids is 1. The fourth-order valence-corrected chi connectivity index (χ4v) is 5.12. The number of pyridine rings is 1. The average Bonchev–Trinajstić information content (AvgIpc) is 3.22. The van der Waals surface area contributed by atoms with Crippen LogP contribution in [0.4, 0.5) is 17.2 Å². The molecule has 2 aromatic carbocycles. The number of fused-ring (bicyclic) bond motifs is 2. The Hall–Kier alpha value is -3.58. The molecule has 2 aliphatic rings. The summed E-state index contributed by atoms with van der Waals surface area (Å²) in [6.45, 7) is 4.80. The van der Waals surface area contributed by atoms with Crippen molar-refractivity contribution >= 4 is 23.1 Å². The number of nitrogens with zero attached hydrogens (tertiary/aromatic N) is 2. The molecule has 0 saturated carbocycles. The summed E-state index contributed by atoms with van der Waals surface area (Å²) in [5.74, 6) is 0.590. The maximum atomic E-state index is 12.6. The van der Waals surface area contributed by atoms with Crippen LogP contribution in [0.2, 0.25) is 0 Å². The number of piperazine rings is 1. The standard InChI is InChI=1S/C28H34N6O/c1-19(25-4-2-3-5-26(25)29)32-27-13-8-21(16-31-27)28(35)30-15-14-20-6-11-24(12-7-20)34-17-22-9-10-23(18-34)33-22/h2-8,11-13,16,19,22-23,33H,9-10,14-15,17-18,29H2,1H3,(H,30,35)(H,31,32)/t19-,22?,23?/m1/s1. The number of nitrogens with one attached hydrogen (secondary N) is 3. The lowest BCUT2D eigenvalue weighted by Gasteiger charge is -2.34. The Bertz CT molecular complexity index is 1130. The van der Waals surface area contributed by atoms with E-state index in [0.717, 1.165) is 30.8 Å². The Labute approximate surface area is 207 Å². The first kappa shape index (κ1) is 23.2. The Balaban J connectivity index is 1.09. The first-order chi connectivity index (χ1) is 17.0. The lowest BCUT2D eigenvalue weighted by molar-refractivity contribution is 0.0954. The number of amides is 1. The molecule has 0 radical (unpaired) electrons. The molecule has 5 N–H and O–H groups in total. The van der Waals surface area contributed by atoms with Crippen molar-refractivity contribution < 1.29 is 4.79 Å². The van der Waals surface area contributed by atoms with Gasteiger partial charge in [0.05, 0.1) is 11.6 Å². The SMILES string of the molecule is C[C@@H](Nc1ccc(C(=O)NCCc2ccc(N3CC4CCC(C3)N4)cc2)cn1)c1ccccc1N. The van der Waals surface area contributed by atoms with E-state index in [2.05, 4.69) is 50.1 Å². The number of carbonyl (C=O) groups is 1. The number of para-hydroxylation sites is 1. The summed E-state index contributed by atoms with van der Waals surface area (Å²) in [7, 11) is 0. The molecule has 3 heterocycles. The summed E-state index contributed by atoms with van der Waals surface area (Å²) in [5.41, 5.74) is 10.9. The van der Waals surface area contributed by atoms with Crippen molar-refractivity contribution in [2.24, 2.45) is 0 Å². The Morgan fingerprint density at radius 1 is 1.09 bits per heavy atom. The molecule has 1 aromatic heterocycles. The van der Waals surface area contributed by atoms with Gasteiger partial charge in [-0.05, 0) is 67.6 Å². The highest BCUT2D eigenvalue weighted by Crippen LogP contribution is 2.26. The van der Waals surface area contributed by atoms with Gasteiger partial charge in [0.25, 0.3) is 5.91 Å². The smallest absolute Gasteiger partial charge is 0.252 e. The summed E-state index contributed by atoms with van der Waals surface area (Å²) >= 11 is 0. The molecule has 3 atom stereocenters. The van der Waals surface area contributed by atoms with Gasteiger partial charge in [0.15, 0.2) is 0 Å².